The summed E-state index contributed by atoms with van der Waals surface area (Å²) in [6.07, 6.45) is 4.11. The molecule has 0 aromatic heterocycles. The van der Waals surface area contributed by atoms with E-state index >= 15 is 0 Å². The van der Waals surface area contributed by atoms with Crippen molar-refractivity contribution >= 4 is 5.69 Å². The van der Waals surface area contributed by atoms with Gasteiger partial charge in [0.05, 0.1) is 0 Å². The van der Waals surface area contributed by atoms with Gasteiger partial charge in [0.2, 0.25) is 0 Å². The summed E-state index contributed by atoms with van der Waals surface area (Å²) in [6, 6.07) is 8.05. The first-order valence-corrected chi connectivity index (χ1v) is 5.02. The lowest BCUT2D eigenvalue weighted by Gasteiger charge is -2.19. The van der Waals surface area contributed by atoms with Crippen molar-refractivity contribution in [1.82, 2.24) is 0 Å². The first kappa shape index (κ1) is 10.8. The summed E-state index contributed by atoms with van der Waals surface area (Å²) < 4.78 is 0. The summed E-state index contributed by atoms with van der Waals surface area (Å²) in [7, 11) is 0. The fraction of sp³-hybridized carbons (Fsp3) is 0.385. The van der Waals surface area contributed by atoms with Crippen LogP contribution in [0.1, 0.15) is 25.8 Å². The molecule has 2 N–H and O–H groups in total. The molecule has 0 radical (unpaired) electrons. The lowest BCUT2D eigenvalue weighted by Crippen LogP contribution is -2.08. The van der Waals surface area contributed by atoms with Crippen LogP contribution in [-0.4, -0.2) is 0 Å². The van der Waals surface area contributed by atoms with Crippen LogP contribution in [0.4, 0.5) is 5.69 Å². The number of allylic oxidation sites excluding steroid dienone is 1. The van der Waals surface area contributed by atoms with Gasteiger partial charge in [0, 0.05) is 5.69 Å². The molecule has 0 saturated carbocycles. The quantitative estimate of drug-likeness (QED) is 0.570. The van der Waals surface area contributed by atoms with Crippen LogP contribution in [0.25, 0.3) is 0 Å². The molecule has 0 unspecified atom stereocenters. The molecule has 1 aromatic carbocycles. The molecule has 1 aromatic rings. The minimum absolute atomic E-state index is 0.197. The van der Waals surface area contributed by atoms with Gasteiger partial charge in [0.1, 0.15) is 0 Å². The standard InChI is InChI=1S/C13H19N/c1-4-13(2,3)10-9-11-7-5-6-8-12(11)14/h4-8H,1,9-10,14H2,2-3H3. The van der Waals surface area contributed by atoms with Crippen molar-refractivity contribution in [2.24, 2.45) is 5.41 Å². The summed E-state index contributed by atoms with van der Waals surface area (Å²) in [5, 5.41) is 0. The highest BCUT2D eigenvalue weighted by Crippen LogP contribution is 2.25. The smallest absolute Gasteiger partial charge is 0.0346 e. The van der Waals surface area contributed by atoms with Crippen molar-refractivity contribution in [3.05, 3.63) is 42.5 Å². The molecule has 0 saturated heterocycles. The monoisotopic (exact) mass is 189 g/mol. The topological polar surface area (TPSA) is 26.0 Å². The van der Waals surface area contributed by atoms with Crippen molar-refractivity contribution in [3.63, 3.8) is 0 Å². The second kappa shape index (κ2) is 4.32. The van der Waals surface area contributed by atoms with Crippen LogP contribution in [0.3, 0.4) is 0 Å². The number of nitrogen functional groups attached to an aromatic ring is 1. The van der Waals surface area contributed by atoms with Gasteiger partial charge in [-0.3, -0.25) is 0 Å². The fourth-order valence-corrected chi connectivity index (χ4v) is 1.32. The lowest BCUT2D eigenvalue weighted by molar-refractivity contribution is 0.439. The predicted octanol–water partition coefficient (Wildman–Crippen LogP) is 3.41. The van der Waals surface area contributed by atoms with Crippen LogP contribution in [0.5, 0.6) is 0 Å². The van der Waals surface area contributed by atoms with Crippen molar-refractivity contribution < 1.29 is 0 Å². The highest BCUT2D eigenvalue weighted by Gasteiger charge is 2.12. The summed E-state index contributed by atoms with van der Waals surface area (Å²) in [6.45, 7) is 8.22. The maximum absolute atomic E-state index is 5.87. The highest BCUT2D eigenvalue weighted by atomic mass is 14.6. The van der Waals surface area contributed by atoms with Gasteiger partial charge in [-0.05, 0) is 29.9 Å². The zero-order chi connectivity index (χ0) is 10.6. The molecule has 0 heterocycles. The van der Waals surface area contributed by atoms with Crippen LogP contribution in [0.2, 0.25) is 0 Å². The van der Waals surface area contributed by atoms with Crippen molar-refractivity contribution in [3.8, 4) is 0 Å². The first-order valence-electron chi connectivity index (χ1n) is 5.02. The molecule has 1 rings (SSSR count). The van der Waals surface area contributed by atoms with E-state index in [1.807, 2.05) is 24.3 Å². The SMILES string of the molecule is C=CC(C)(C)CCc1ccccc1N. The third kappa shape index (κ3) is 2.91. The lowest BCUT2D eigenvalue weighted by atomic mass is 9.86. The molecule has 0 aliphatic heterocycles. The highest BCUT2D eigenvalue weighted by molar-refractivity contribution is 5.46. The Hall–Kier alpha value is -1.24. The van der Waals surface area contributed by atoms with E-state index in [0.717, 1.165) is 18.5 Å². The Morgan fingerprint density at radius 3 is 2.57 bits per heavy atom. The van der Waals surface area contributed by atoms with Gasteiger partial charge < -0.3 is 5.73 Å². The van der Waals surface area contributed by atoms with Crippen LogP contribution in [0.15, 0.2) is 36.9 Å². The first-order chi connectivity index (χ1) is 6.55. The molecule has 0 amide bonds. The maximum Gasteiger partial charge on any atom is 0.0346 e. The Morgan fingerprint density at radius 1 is 1.36 bits per heavy atom. The molecule has 0 atom stereocenters. The molecule has 0 spiro atoms. The number of anilines is 1. The van der Waals surface area contributed by atoms with Crippen molar-refractivity contribution in [2.45, 2.75) is 26.7 Å². The molecule has 1 heteroatoms. The Morgan fingerprint density at radius 2 is 2.00 bits per heavy atom. The van der Waals surface area contributed by atoms with E-state index in [9.17, 15) is 0 Å². The molecule has 0 fully saturated rings. The summed E-state index contributed by atoms with van der Waals surface area (Å²) in [5.74, 6) is 0. The minimum Gasteiger partial charge on any atom is -0.399 e. The van der Waals surface area contributed by atoms with Crippen molar-refractivity contribution in [1.29, 1.82) is 0 Å². The van der Waals surface area contributed by atoms with Crippen LogP contribution in [0, 0.1) is 5.41 Å². The average Bonchev–Trinajstić information content (AvgIpc) is 2.17. The van der Waals surface area contributed by atoms with Gasteiger partial charge in [-0.15, -0.1) is 6.58 Å². The Balaban J connectivity index is 2.62. The summed E-state index contributed by atoms with van der Waals surface area (Å²) >= 11 is 0. The van der Waals surface area contributed by atoms with E-state index in [1.165, 1.54) is 5.56 Å². The second-order valence-corrected chi connectivity index (χ2v) is 4.39. The normalized spacial score (nSPS) is 11.3. The number of hydrogen-bond acceptors (Lipinski definition) is 1. The third-order valence-electron chi connectivity index (χ3n) is 2.65. The molecule has 0 aliphatic rings. The summed E-state index contributed by atoms with van der Waals surface area (Å²) in [4.78, 5) is 0. The Labute approximate surface area is 86.6 Å². The third-order valence-corrected chi connectivity index (χ3v) is 2.65. The van der Waals surface area contributed by atoms with Crippen LogP contribution in [-0.2, 0) is 6.42 Å². The van der Waals surface area contributed by atoms with E-state index in [2.05, 4.69) is 26.5 Å². The Kier molecular flexibility index (Phi) is 3.34. The van der Waals surface area contributed by atoms with E-state index in [-0.39, 0.29) is 5.41 Å². The van der Waals surface area contributed by atoms with Gasteiger partial charge in [0.15, 0.2) is 0 Å². The zero-order valence-corrected chi connectivity index (χ0v) is 9.09. The largest absolute Gasteiger partial charge is 0.399 e. The number of hydrogen-bond donors (Lipinski definition) is 1. The van der Waals surface area contributed by atoms with Gasteiger partial charge in [-0.1, -0.05) is 38.1 Å². The van der Waals surface area contributed by atoms with Crippen LogP contribution < -0.4 is 5.73 Å². The van der Waals surface area contributed by atoms with E-state index in [0.29, 0.717) is 0 Å². The number of nitrogens with two attached hydrogens (primary N) is 1. The van der Waals surface area contributed by atoms with E-state index in [1.54, 1.807) is 0 Å². The maximum atomic E-state index is 5.87. The Bertz CT molecular complexity index is 313. The average molecular weight is 189 g/mol. The van der Waals surface area contributed by atoms with Gasteiger partial charge in [-0.2, -0.15) is 0 Å². The molecular formula is C13H19N. The summed E-state index contributed by atoms with van der Waals surface area (Å²) in [5.41, 5.74) is 8.20. The van der Waals surface area contributed by atoms with Gasteiger partial charge in [0.25, 0.3) is 0 Å². The number of aryl methyl sites for hydroxylation is 1. The molecule has 0 aliphatic carbocycles. The predicted molar refractivity (Wildman–Crippen MR) is 63.2 cm³/mol. The molecular weight excluding hydrogens is 170 g/mol. The minimum atomic E-state index is 0.197. The molecule has 14 heavy (non-hydrogen) atoms. The zero-order valence-electron chi connectivity index (χ0n) is 9.09. The van der Waals surface area contributed by atoms with E-state index in [4.69, 9.17) is 5.73 Å². The van der Waals surface area contributed by atoms with Gasteiger partial charge >= 0.3 is 0 Å². The molecule has 1 nitrogen and oxygen atoms in total. The number of rotatable bonds is 4. The number of benzene rings is 1. The van der Waals surface area contributed by atoms with E-state index < -0.39 is 0 Å². The molecule has 76 valence electrons. The van der Waals surface area contributed by atoms with Gasteiger partial charge in [-0.25, -0.2) is 0 Å². The second-order valence-electron chi connectivity index (χ2n) is 4.39. The number of para-hydroxylation sites is 1. The fourth-order valence-electron chi connectivity index (χ4n) is 1.32. The van der Waals surface area contributed by atoms with Crippen molar-refractivity contribution in [2.75, 3.05) is 5.73 Å². The molecule has 0 bridgehead atoms. The van der Waals surface area contributed by atoms with Crippen LogP contribution >= 0.6 is 0 Å².